The number of likely N-dealkylation sites (tertiary alicyclic amines) is 1. The van der Waals surface area contributed by atoms with Crippen LogP contribution in [0, 0.1) is 5.82 Å². The molecule has 1 aliphatic heterocycles. The van der Waals surface area contributed by atoms with Gasteiger partial charge in [-0.3, -0.25) is 4.90 Å². The molecule has 108 valence electrons. The van der Waals surface area contributed by atoms with Crippen molar-refractivity contribution >= 4 is 10.9 Å². The highest BCUT2D eigenvalue weighted by molar-refractivity contribution is 5.84. The van der Waals surface area contributed by atoms with Crippen molar-refractivity contribution in [3.63, 3.8) is 0 Å². The molecule has 20 heavy (non-hydrogen) atoms. The predicted octanol–water partition coefficient (Wildman–Crippen LogP) is 4.18. The molecule has 0 atom stereocenters. The molecule has 3 heteroatoms. The Labute approximate surface area is 120 Å². The van der Waals surface area contributed by atoms with E-state index in [0.717, 1.165) is 42.6 Å². The van der Waals surface area contributed by atoms with Gasteiger partial charge in [-0.2, -0.15) is 0 Å². The molecule has 2 aromatic rings. The van der Waals surface area contributed by atoms with Crippen LogP contribution >= 0.6 is 0 Å². The fourth-order valence-electron chi connectivity index (χ4n) is 3.31. The lowest BCUT2D eigenvalue weighted by molar-refractivity contribution is 0.277. The fraction of sp³-hybridized carbons (Fsp3) is 0.529. The zero-order valence-corrected chi connectivity index (χ0v) is 12.2. The van der Waals surface area contributed by atoms with E-state index in [2.05, 4.69) is 22.6 Å². The summed E-state index contributed by atoms with van der Waals surface area (Å²) in [5, 5.41) is 0.818. The second-order valence-corrected chi connectivity index (χ2v) is 5.76. The number of halogens is 1. The minimum absolute atomic E-state index is 0.0838. The van der Waals surface area contributed by atoms with Gasteiger partial charge < -0.3 is 4.57 Å². The lowest BCUT2D eigenvalue weighted by Crippen LogP contribution is -2.23. The van der Waals surface area contributed by atoms with Crippen LogP contribution in [0.25, 0.3) is 10.9 Å². The van der Waals surface area contributed by atoms with Gasteiger partial charge in [-0.1, -0.05) is 18.9 Å². The second kappa shape index (κ2) is 5.96. The third-order valence-corrected chi connectivity index (χ3v) is 4.37. The van der Waals surface area contributed by atoms with Gasteiger partial charge in [0.05, 0.1) is 5.52 Å². The van der Waals surface area contributed by atoms with Crippen LogP contribution in [0.3, 0.4) is 0 Å². The Balaban J connectivity index is 1.94. The molecule has 0 spiro atoms. The van der Waals surface area contributed by atoms with Gasteiger partial charge in [0.2, 0.25) is 0 Å². The number of aryl methyl sites for hydroxylation is 1. The minimum atomic E-state index is -0.0838. The molecule has 0 saturated carbocycles. The normalized spacial score (nSPS) is 17.5. The van der Waals surface area contributed by atoms with Crippen molar-refractivity contribution in [3.8, 4) is 0 Å². The highest BCUT2D eigenvalue weighted by Crippen LogP contribution is 2.26. The number of aromatic nitrogens is 1. The topological polar surface area (TPSA) is 8.17 Å². The Morgan fingerprint density at radius 3 is 2.55 bits per heavy atom. The predicted molar refractivity (Wildman–Crippen MR) is 81.3 cm³/mol. The van der Waals surface area contributed by atoms with E-state index in [9.17, 15) is 4.39 Å². The van der Waals surface area contributed by atoms with Crippen LogP contribution < -0.4 is 0 Å². The second-order valence-electron chi connectivity index (χ2n) is 5.76. The van der Waals surface area contributed by atoms with E-state index < -0.39 is 0 Å². The molecule has 1 aromatic heterocycles. The third-order valence-electron chi connectivity index (χ3n) is 4.37. The minimum Gasteiger partial charge on any atom is -0.347 e. The Hall–Kier alpha value is -1.35. The first-order chi connectivity index (χ1) is 9.79. The van der Waals surface area contributed by atoms with Gasteiger partial charge in [0.25, 0.3) is 0 Å². The van der Waals surface area contributed by atoms with Gasteiger partial charge in [0, 0.05) is 24.7 Å². The van der Waals surface area contributed by atoms with Gasteiger partial charge in [0.1, 0.15) is 5.82 Å². The van der Waals surface area contributed by atoms with E-state index in [-0.39, 0.29) is 5.82 Å². The summed E-state index contributed by atoms with van der Waals surface area (Å²) in [5.41, 5.74) is 2.17. The Morgan fingerprint density at radius 2 is 1.85 bits per heavy atom. The molecule has 0 aliphatic carbocycles. The van der Waals surface area contributed by atoms with Gasteiger partial charge in [0.15, 0.2) is 0 Å². The Morgan fingerprint density at radius 1 is 1.10 bits per heavy atom. The van der Waals surface area contributed by atoms with Crippen LogP contribution in [0.15, 0.2) is 24.4 Å². The number of rotatable bonds is 3. The quantitative estimate of drug-likeness (QED) is 0.815. The Kier molecular flexibility index (Phi) is 4.06. The Bertz CT molecular complexity index is 580. The maximum Gasteiger partial charge on any atom is 0.132 e. The summed E-state index contributed by atoms with van der Waals surface area (Å²) in [5.74, 6) is -0.0838. The van der Waals surface area contributed by atoms with Crippen LogP contribution in [0.2, 0.25) is 0 Å². The maximum atomic E-state index is 14.2. The fourth-order valence-corrected chi connectivity index (χ4v) is 3.31. The molecule has 1 aromatic carbocycles. The van der Waals surface area contributed by atoms with Crippen LogP contribution in [-0.4, -0.2) is 22.6 Å². The summed E-state index contributed by atoms with van der Waals surface area (Å²) in [6.45, 7) is 6.17. The summed E-state index contributed by atoms with van der Waals surface area (Å²) in [6.07, 6.45) is 7.35. The zero-order chi connectivity index (χ0) is 13.9. The molecule has 2 nitrogen and oxygen atoms in total. The van der Waals surface area contributed by atoms with Crippen LogP contribution in [0.1, 0.15) is 38.2 Å². The lowest BCUT2D eigenvalue weighted by Gasteiger charge is -2.19. The average Bonchev–Trinajstić information content (AvgIpc) is 2.63. The monoisotopic (exact) mass is 274 g/mol. The first kappa shape index (κ1) is 13.6. The van der Waals surface area contributed by atoms with Crippen molar-refractivity contribution in [2.45, 2.75) is 45.7 Å². The number of nitrogens with zero attached hydrogens (tertiary/aromatic N) is 2. The molecular formula is C17H23FN2. The van der Waals surface area contributed by atoms with Crippen molar-refractivity contribution in [1.82, 2.24) is 9.47 Å². The lowest BCUT2D eigenvalue weighted by atomic mass is 10.1. The van der Waals surface area contributed by atoms with Crippen molar-refractivity contribution in [3.05, 3.63) is 35.8 Å². The summed E-state index contributed by atoms with van der Waals surface area (Å²) < 4.78 is 16.4. The van der Waals surface area contributed by atoms with Crippen molar-refractivity contribution in [1.29, 1.82) is 0 Å². The van der Waals surface area contributed by atoms with E-state index in [0.29, 0.717) is 0 Å². The summed E-state index contributed by atoms with van der Waals surface area (Å²) in [4.78, 5) is 2.48. The largest absolute Gasteiger partial charge is 0.347 e. The molecule has 0 amide bonds. The van der Waals surface area contributed by atoms with Crippen LogP contribution in [0.4, 0.5) is 4.39 Å². The van der Waals surface area contributed by atoms with Crippen molar-refractivity contribution < 1.29 is 4.39 Å². The molecular weight excluding hydrogens is 251 g/mol. The van der Waals surface area contributed by atoms with Crippen LogP contribution in [0.5, 0.6) is 0 Å². The van der Waals surface area contributed by atoms with Gasteiger partial charge in [-0.15, -0.1) is 0 Å². The summed E-state index contributed by atoms with van der Waals surface area (Å²) in [7, 11) is 0. The highest BCUT2D eigenvalue weighted by Gasteiger charge is 2.15. The van der Waals surface area contributed by atoms with Crippen LogP contribution in [-0.2, 0) is 13.1 Å². The third kappa shape index (κ3) is 2.59. The number of fused-ring (bicyclic) bond motifs is 1. The number of benzene rings is 1. The SMILES string of the molecule is CCn1cc(CN2CCCCCC2)c2c(F)cccc21. The standard InChI is InChI=1S/C17H23FN2/c1-2-20-13-14(12-19-10-5-3-4-6-11-19)17-15(18)8-7-9-16(17)20/h7-9,13H,2-6,10-12H2,1H3. The van der Waals surface area contributed by atoms with Crippen molar-refractivity contribution in [2.75, 3.05) is 13.1 Å². The van der Waals surface area contributed by atoms with E-state index in [1.807, 2.05) is 6.07 Å². The zero-order valence-electron chi connectivity index (χ0n) is 12.2. The maximum absolute atomic E-state index is 14.2. The molecule has 0 unspecified atom stereocenters. The van der Waals surface area contributed by atoms with Crippen molar-refractivity contribution in [2.24, 2.45) is 0 Å². The molecule has 1 fully saturated rings. The van der Waals surface area contributed by atoms with Gasteiger partial charge in [-0.05, 0) is 50.6 Å². The van der Waals surface area contributed by atoms with E-state index in [1.165, 1.54) is 25.7 Å². The highest BCUT2D eigenvalue weighted by atomic mass is 19.1. The first-order valence-electron chi connectivity index (χ1n) is 7.78. The average molecular weight is 274 g/mol. The molecule has 0 bridgehead atoms. The molecule has 3 rings (SSSR count). The van der Waals surface area contributed by atoms with E-state index in [4.69, 9.17) is 0 Å². The van der Waals surface area contributed by atoms with E-state index in [1.54, 1.807) is 12.1 Å². The van der Waals surface area contributed by atoms with E-state index >= 15 is 0 Å². The van der Waals surface area contributed by atoms with Gasteiger partial charge in [-0.25, -0.2) is 4.39 Å². The molecule has 2 heterocycles. The molecule has 1 saturated heterocycles. The first-order valence-corrected chi connectivity index (χ1v) is 7.78. The number of hydrogen-bond donors (Lipinski definition) is 0. The summed E-state index contributed by atoms with van der Waals surface area (Å²) in [6, 6.07) is 5.40. The molecule has 1 aliphatic rings. The molecule has 0 N–H and O–H groups in total. The van der Waals surface area contributed by atoms with Gasteiger partial charge >= 0.3 is 0 Å². The number of hydrogen-bond acceptors (Lipinski definition) is 1. The molecule has 0 radical (unpaired) electrons. The smallest absolute Gasteiger partial charge is 0.132 e. The summed E-state index contributed by atoms with van der Waals surface area (Å²) >= 11 is 0.